The van der Waals surface area contributed by atoms with Gasteiger partial charge in [-0.15, -0.1) is 0 Å². The van der Waals surface area contributed by atoms with Crippen molar-refractivity contribution in [2.75, 3.05) is 18.6 Å². The Labute approximate surface area is 263 Å². The number of furan rings is 1. The van der Waals surface area contributed by atoms with E-state index < -0.39 is 21.9 Å². The molecule has 1 amide bonds. The van der Waals surface area contributed by atoms with Crippen LogP contribution in [0.4, 0.5) is 5.69 Å². The Balaban J connectivity index is 1.46. The minimum atomic E-state index is -3.89. The summed E-state index contributed by atoms with van der Waals surface area (Å²) in [5.41, 5.74) is 2.95. The number of carbonyl (C=O) groups is 2. The van der Waals surface area contributed by atoms with E-state index in [1.165, 1.54) is 22.4 Å². The number of anilines is 1. The van der Waals surface area contributed by atoms with Crippen LogP contribution in [0.1, 0.15) is 36.5 Å². The number of esters is 1. The molecular weight excluding hydrogens is 592 g/mol. The molecule has 0 spiro atoms. The predicted octanol–water partition coefficient (Wildman–Crippen LogP) is 6.26. The zero-order valence-electron chi connectivity index (χ0n) is 25.5. The topological polar surface area (TPSA) is 106 Å². The molecule has 9 nitrogen and oxygen atoms in total. The smallest absolute Gasteiger partial charge is 0.340 e. The first kappa shape index (κ1) is 31.5. The Hall–Kier alpha value is -4.93. The number of methoxy groups -OCH3 is 1. The van der Waals surface area contributed by atoms with Crippen molar-refractivity contribution < 1.29 is 31.9 Å². The van der Waals surface area contributed by atoms with Crippen LogP contribution in [0.25, 0.3) is 6.08 Å². The summed E-state index contributed by atoms with van der Waals surface area (Å²) in [6, 6.07) is 26.3. The lowest BCUT2D eigenvalue weighted by atomic mass is 10.1. The average Bonchev–Trinajstić information content (AvgIpc) is 3.58. The molecule has 0 saturated carbocycles. The minimum absolute atomic E-state index is 0.0563. The molecule has 4 aromatic rings. The van der Waals surface area contributed by atoms with Gasteiger partial charge in [0.2, 0.25) is 10.0 Å². The highest BCUT2D eigenvalue weighted by Gasteiger charge is 2.38. The number of aryl methyl sites for hydroxylation is 1. The molecule has 0 N–H and O–H groups in total. The number of allylic oxidation sites excluding steroid dienone is 1. The lowest BCUT2D eigenvalue weighted by Crippen LogP contribution is -2.30. The van der Waals surface area contributed by atoms with Gasteiger partial charge in [-0.05, 0) is 80.9 Å². The molecule has 1 aromatic heterocycles. The molecule has 0 bridgehead atoms. The van der Waals surface area contributed by atoms with Crippen LogP contribution in [0.2, 0.25) is 0 Å². The van der Waals surface area contributed by atoms with E-state index in [0.717, 1.165) is 11.1 Å². The quantitative estimate of drug-likeness (QED) is 0.143. The maximum atomic E-state index is 13.8. The van der Waals surface area contributed by atoms with Gasteiger partial charge in [0.15, 0.2) is 0 Å². The number of nitrogens with zero attached hydrogens (tertiary/aromatic N) is 2. The number of benzene rings is 3. The Morgan fingerprint density at radius 3 is 2.24 bits per heavy atom. The minimum Gasteiger partial charge on any atom is -0.494 e. The molecule has 0 fully saturated rings. The highest BCUT2D eigenvalue weighted by atomic mass is 32.2. The van der Waals surface area contributed by atoms with E-state index in [9.17, 15) is 18.0 Å². The first-order chi connectivity index (χ1) is 21.6. The zero-order valence-corrected chi connectivity index (χ0v) is 26.3. The second-order valence-corrected chi connectivity index (χ2v) is 12.4. The summed E-state index contributed by atoms with van der Waals surface area (Å²) in [5.74, 6) is 0.214. The van der Waals surface area contributed by atoms with E-state index in [0.29, 0.717) is 29.5 Å². The lowest BCUT2D eigenvalue weighted by molar-refractivity contribution is -0.136. The second kappa shape index (κ2) is 13.4. The maximum Gasteiger partial charge on any atom is 0.340 e. The number of rotatable bonds is 11. The van der Waals surface area contributed by atoms with Crippen molar-refractivity contribution in [1.29, 1.82) is 0 Å². The summed E-state index contributed by atoms with van der Waals surface area (Å²) in [7, 11) is -2.64. The van der Waals surface area contributed by atoms with Crippen LogP contribution in [0.3, 0.4) is 0 Å². The molecule has 0 atom stereocenters. The van der Waals surface area contributed by atoms with Crippen LogP contribution in [0.15, 0.2) is 117 Å². The van der Waals surface area contributed by atoms with Gasteiger partial charge < -0.3 is 13.9 Å². The van der Waals surface area contributed by atoms with Gasteiger partial charge in [-0.1, -0.05) is 48.0 Å². The van der Waals surface area contributed by atoms with Crippen molar-refractivity contribution >= 4 is 33.7 Å². The summed E-state index contributed by atoms with van der Waals surface area (Å²) in [6.07, 6.45) is 1.48. The molecule has 0 radical (unpaired) electrons. The number of sulfonamides is 1. The standard InChI is InChI=1S/C35H34N2O7S/c1-5-43-28-15-13-27(14-16-28)37-25(3)33(35(39)42-4)32(34(37)38)21-29-17-18-30(44-29)23-36(22-26-9-7-6-8-10-26)45(40,41)31-19-11-24(2)12-20-31/h6-21H,5,22-23H2,1-4H3/b32-21+. The van der Waals surface area contributed by atoms with Gasteiger partial charge in [0.1, 0.15) is 17.3 Å². The van der Waals surface area contributed by atoms with Crippen LogP contribution < -0.4 is 9.64 Å². The average molecular weight is 627 g/mol. The molecule has 2 heterocycles. The molecule has 3 aromatic carbocycles. The molecule has 0 saturated heterocycles. The van der Waals surface area contributed by atoms with Crippen LogP contribution in [0.5, 0.6) is 5.75 Å². The Kier molecular flexibility index (Phi) is 9.36. The molecule has 1 aliphatic rings. The third-order valence-corrected chi connectivity index (χ3v) is 9.16. The Morgan fingerprint density at radius 2 is 1.60 bits per heavy atom. The number of hydrogen-bond acceptors (Lipinski definition) is 7. The zero-order chi connectivity index (χ0) is 32.1. The van der Waals surface area contributed by atoms with Crippen molar-refractivity contribution in [3.63, 3.8) is 0 Å². The fraction of sp³-hybridized carbons (Fsp3) is 0.200. The maximum absolute atomic E-state index is 13.8. The molecule has 0 aliphatic carbocycles. The molecule has 0 unspecified atom stereocenters. The molecule has 5 rings (SSSR count). The van der Waals surface area contributed by atoms with Crippen LogP contribution in [0, 0.1) is 6.92 Å². The first-order valence-electron chi connectivity index (χ1n) is 14.4. The number of carbonyl (C=O) groups excluding carboxylic acids is 2. The van der Waals surface area contributed by atoms with E-state index in [-0.39, 0.29) is 34.9 Å². The Bertz CT molecular complexity index is 1860. The van der Waals surface area contributed by atoms with Gasteiger partial charge in [0.05, 0.1) is 36.3 Å². The fourth-order valence-corrected chi connectivity index (χ4v) is 6.49. The first-order valence-corrected chi connectivity index (χ1v) is 15.8. The Morgan fingerprint density at radius 1 is 0.911 bits per heavy atom. The molecule has 232 valence electrons. The van der Waals surface area contributed by atoms with Gasteiger partial charge in [0, 0.05) is 17.9 Å². The second-order valence-electron chi connectivity index (χ2n) is 10.5. The summed E-state index contributed by atoms with van der Waals surface area (Å²) in [4.78, 5) is 28.2. The van der Waals surface area contributed by atoms with E-state index in [1.54, 1.807) is 67.6 Å². The van der Waals surface area contributed by atoms with Crippen LogP contribution in [-0.2, 0) is 37.4 Å². The SMILES string of the molecule is CCOc1ccc(N2C(=O)/C(=C/c3ccc(CN(Cc4ccccc4)S(=O)(=O)c4ccc(C)cc4)o3)C(C(=O)OC)=C2C)cc1. The van der Waals surface area contributed by atoms with Gasteiger partial charge in [-0.2, -0.15) is 4.31 Å². The third kappa shape index (κ3) is 6.77. The highest BCUT2D eigenvalue weighted by Crippen LogP contribution is 2.36. The van der Waals surface area contributed by atoms with Crippen molar-refractivity contribution in [1.82, 2.24) is 4.31 Å². The number of amides is 1. The highest BCUT2D eigenvalue weighted by molar-refractivity contribution is 7.89. The normalized spacial score (nSPS) is 14.5. The predicted molar refractivity (Wildman–Crippen MR) is 171 cm³/mol. The largest absolute Gasteiger partial charge is 0.494 e. The van der Waals surface area contributed by atoms with Crippen LogP contribution >= 0.6 is 0 Å². The van der Waals surface area contributed by atoms with Gasteiger partial charge in [-0.25, -0.2) is 13.2 Å². The molecule has 45 heavy (non-hydrogen) atoms. The summed E-state index contributed by atoms with van der Waals surface area (Å²) < 4.78 is 45.4. The third-order valence-electron chi connectivity index (χ3n) is 7.36. The van der Waals surface area contributed by atoms with E-state index in [1.807, 2.05) is 44.2 Å². The van der Waals surface area contributed by atoms with E-state index in [4.69, 9.17) is 13.9 Å². The molecule has 1 aliphatic heterocycles. The fourth-order valence-electron chi connectivity index (χ4n) is 5.09. The van der Waals surface area contributed by atoms with E-state index >= 15 is 0 Å². The summed E-state index contributed by atoms with van der Waals surface area (Å²) in [6.45, 7) is 6.03. The van der Waals surface area contributed by atoms with Crippen molar-refractivity contribution in [2.24, 2.45) is 0 Å². The monoisotopic (exact) mass is 626 g/mol. The lowest BCUT2D eigenvalue weighted by Gasteiger charge is -2.21. The van der Waals surface area contributed by atoms with Crippen LogP contribution in [-0.4, -0.2) is 38.3 Å². The van der Waals surface area contributed by atoms with Gasteiger partial charge >= 0.3 is 5.97 Å². The van der Waals surface area contributed by atoms with Gasteiger partial charge in [0.25, 0.3) is 5.91 Å². The number of hydrogen-bond donors (Lipinski definition) is 0. The van der Waals surface area contributed by atoms with Crippen molar-refractivity contribution in [2.45, 2.75) is 38.8 Å². The summed E-state index contributed by atoms with van der Waals surface area (Å²) in [5, 5.41) is 0. The molecule has 10 heteroatoms. The molecular formula is C35H34N2O7S. The number of ether oxygens (including phenoxy) is 2. The summed E-state index contributed by atoms with van der Waals surface area (Å²) >= 11 is 0. The van der Waals surface area contributed by atoms with Crippen molar-refractivity contribution in [3.05, 3.63) is 130 Å². The van der Waals surface area contributed by atoms with Gasteiger partial charge in [-0.3, -0.25) is 9.69 Å². The van der Waals surface area contributed by atoms with Crippen molar-refractivity contribution in [3.8, 4) is 5.75 Å². The van der Waals surface area contributed by atoms with E-state index in [2.05, 4.69) is 0 Å².